The van der Waals surface area contributed by atoms with Gasteiger partial charge in [0, 0.05) is 7.05 Å². The molecule has 1 aromatic heterocycles. The fraction of sp³-hybridized carbons (Fsp3) is 0.444. The highest BCUT2D eigenvalue weighted by atomic mass is 16.3. The van der Waals surface area contributed by atoms with Crippen molar-refractivity contribution >= 4 is 16.6 Å². The minimum Gasteiger partial charge on any atom is -0.506 e. The maximum absolute atomic E-state index is 10.5. The third kappa shape index (κ3) is 3.22. The van der Waals surface area contributed by atoms with Gasteiger partial charge in [0.25, 0.3) is 0 Å². The molecule has 0 saturated carbocycles. The summed E-state index contributed by atoms with van der Waals surface area (Å²) < 4.78 is 1.88. The Bertz CT molecular complexity index is 761. The quantitative estimate of drug-likeness (QED) is 0.671. The molecule has 3 rings (SSSR count). The smallest absolute Gasteiger partial charge is 0.169 e. The summed E-state index contributed by atoms with van der Waals surface area (Å²) in [5.74, 6) is 0.697. The molecule has 1 aliphatic heterocycles. The Kier molecular flexibility index (Phi) is 4.63. The van der Waals surface area contributed by atoms with Crippen molar-refractivity contribution in [1.82, 2.24) is 9.55 Å². The largest absolute Gasteiger partial charge is 0.506 e. The van der Waals surface area contributed by atoms with Gasteiger partial charge in [0.2, 0.25) is 0 Å². The van der Waals surface area contributed by atoms with Crippen LogP contribution in [0.3, 0.4) is 0 Å². The summed E-state index contributed by atoms with van der Waals surface area (Å²) in [6.45, 7) is 2.63. The second-order valence-electron chi connectivity index (χ2n) is 6.26. The number of aromatic nitrogens is 2. The van der Waals surface area contributed by atoms with Crippen LogP contribution in [0.25, 0.3) is 16.6 Å². The van der Waals surface area contributed by atoms with Crippen LogP contribution in [0, 0.1) is 11.3 Å². The Morgan fingerprint density at radius 3 is 2.61 bits per heavy atom. The number of aryl methyl sites for hydroxylation is 1. The molecule has 1 saturated heterocycles. The van der Waals surface area contributed by atoms with Gasteiger partial charge in [0.05, 0.1) is 24.1 Å². The number of para-hydroxylation sites is 2. The number of fused-ring (bicyclic) bond motifs is 1. The number of imidazole rings is 1. The summed E-state index contributed by atoms with van der Waals surface area (Å²) in [4.78, 5) is 5.88. The van der Waals surface area contributed by atoms with Gasteiger partial charge in [0.1, 0.15) is 18.2 Å². The van der Waals surface area contributed by atoms with Crippen LogP contribution in [0.1, 0.15) is 31.5 Å². The van der Waals surface area contributed by atoms with E-state index in [9.17, 15) is 10.4 Å². The van der Waals surface area contributed by atoms with Crippen molar-refractivity contribution in [2.24, 2.45) is 7.05 Å². The van der Waals surface area contributed by atoms with Crippen LogP contribution in [-0.4, -0.2) is 34.3 Å². The van der Waals surface area contributed by atoms with Gasteiger partial charge in [-0.05, 0) is 37.8 Å². The van der Waals surface area contributed by atoms with Gasteiger partial charge >= 0.3 is 0 Å². The van der Waals surface area contributed by atoms with Crippen LogP contribution in [0.4, 0.5) is 0 Å². The van der Waals surface area contributed by atoms with Crippen molar-refractivity contribution in [3.63, 3.8) is 0 Å². The van der Waals surface area contributed by atoms with Gasteiger partial charge in [-0.25, -0.2) is 4.98 Å². The summed E-state index contributed by atoms with van der Waals surface area (Å²) in [7, 11) is 1.88. The van der Waals surface area contributed by atoms with Gasteiger partial charge in [0.15, 0.2) is 11.6 Å². The lowest BCUT2D eigenvalue weighted by Gasteiger charge is -2.16. The molecule has 1 fully saturated rings. The first-order chi connectivity index (χ1) is 11.2. The molecule has 2 N–H and O–H groups in total. The Hall–Kier alpha value is -2.32. The van der Waals surface area contributed by atoms with Gasteiger partial charge in [-0.15, -0.1) is 0 Å². The average molecular weight is 311 g/mol. The molecule has 0 amide bonds. The van der Waals surface area contributed by atoms with Crippen molar-refractivity contribution in [1.29, 1.82) is 5.26 Å². The standard InChI is InChI=1S/C18H22N4O/c1-21-16-9-5-4-8-15(16)20-18(21)14(12-19)17(23)13-22-10-6-2-3-7-11-22/h4-5,8-9,23H,2-3,6-7,10-11,13H2,1H3/p+1/b17-14-. The number of nitrogens with zero attached hydrogens (tertiary/aromatic N) is 3. The monoisotopic (exact) mass is 311 g/mol. The molecule has 23 heavy (non-hydrogen) atoms. The summed E-state index contributed by atoms with van der Waals surface area (Å²) in [5, 5.41) is 20.1. The molecule has 5 nitrogen and oxygen atoms in total. The van der Waals surface area contributed by atoms with Gasteiger partial charge in [-0.1, -0.05) is 12.1 Å². The van der Waals surface area contributed by atoms with Crippen LogP contribution in [0.2, 0.25) is 0 Å². The molecule has 120 valence electrons. The van der Waals surface area contributed by atoms with Crippen LogP contribution < -0.4 is 4.90 Å². The van der Waals surface area contributed by atoms with E-state index >= 15 is 0 Å². The maximum Gasteiger partial charge on any atom is 0.169 e. The number of likely N-dealkylation sites (tertiary alicyclic amines) is 1. The maximum atomic E-state index is 10.5. The van der Waals surface area contributed by atoms with Crippen LogP contribution in [0.5, 0.6) is 0 Å². The van der Waals surface area contributed by atoms with Crippen molar-refractivity contribution in [3.8, 4) is 6.07 Å². The average Bonchev–Trinajstić information content (AvgIpc) is 2.74. The number of allylic oxidation sites excluding steroid dienone is 1. The molecule has 1 aliphatic rings. The van der Waals surface area contributed by atoms with Gasteiger partial charge < -0.3 is 14.6 Å². The van der Waals surface area contributed by atoms with E-state index in [1.54, 1.807) is 0 Å². The first-order valence-corrected chi connectivity index (χ1v) is 8.28. The number of aliphatic hydroxyl groups is 1. The molecule has 0 spiro atoms. The molecule has 0 aliphatic carbocycles. The van der Waals surface area contributed by atoms with Gasteiger partial charge in [-0.2, -0.15) is 5.26 Å². The third-order valence-electron chi connectivity index (χ3n) is 4.64. The Labute approximate surface area is 136 Å². The number of rotatable bonds is 3. The van der Waals surface area contributed by atoms with Crippen LogP contribution >= 0.6 is 0 Å². The Morgan fingerprint density at radius 1 is 1.26 bits per heavy atom. The van der Waals surface area contributed by atoms with Crippen molar-refractivity contribution in [2.75, 3.05) is 19.6 Å². The number of aliphatic hydroxyl groups excluding tert-OH is 1. The summed E-state index contributed by atoms with van der Waals surface area (Å²) in [5.41, 5.74) is 2.10. The Balaban J connectivity index is 1.93. The zero-order valence-electron chi connectivity index (χ0n) is 13.5. The minimum atomic E-state index is 0.155. The number of quaternary nitrogens is 1. The van der Waals surface area contributed by atoms with E-state index in [1.807, 2.05) is 35.9 Å². The predicted octanol–water partition coefficient (Wildman–Crippen LogP) is 1.82. The molecule has 0 atom stereocenters. The van der Waals surface area contributed by atoms with E-state index in [0.29, 0.717) is 17.9 Å². The lowest BCUT2D eigenvalue weighted by atomic mass is 10.2. The number of nitriles is 1. The second kappa shape index (κ2) is 6.84. The van der Waals surface area contributed by atoms with E-state index in [-0.39, 0.29) is 5.76 Å². The number of hydrogen-bond acceptors (Lipinski definition) is 3. The summed E-state index contributed by atoms with van der Waals surface area (Å²) in [6.07, 6.45) is 4.92. The number of nitrogens with one attached hydrogen (secondary N) is 1. The van der Waals surface area contributed by atoms with Crippen LogP contribution in [0.15, 0.2) is 30.0 Å². The molecule has 0 bridgehead atoms. The molecule has 2 aromatic rings. The van der Waals surface area contributed by atoms with Crippen molar-refractivity contribution < 1.29 is 10.0 Å². The topological polar surface area (TPSA) is 66.3 Å². The zero-order valence-corrected chi connectivity index (χ0v) is 13.5. The second-order valence-corrected chi connectivity index (χ2v) is 6.26. The van der Waals surface area contributed by atoms with Crippen molar-refractivity contribution in [2.45, 2.75) is 25.7 Å². The van der Waals surface area contributed by atoms with E-state index in [2.05, 4.69) is 11.1 Å². The van der Waals surface area contributed by atoms with E-state index in [1.165, 1.54) is 30.6 Å². The summed E-state index contributed by atoms with van der Waals surface area (Å²) >= 11 is 0. The lowest BCUT2D eigenvalue weighted by Crippen LogP contribution is -3.12. The number of hydrogen-bond donors (Lipinski definition) is 2. The minimum absolute atomic E-state index is 0.155. The first-order valence-electron chi connectivity index (χ1n) is 8.28. The van der Waals surface area contributed by atoms with Crippen LogP contribution in [-0.2, 0) is 7.05 Å². The molecule has 5 heteroatoms. The SMILES string of the molecule is Cn1c(/C(C#N)=C(\O)C[NH+]2CCCCCC2)nc2ccccc21. The normalized spacial score (nSPS) is 17.6. The highest BCUT2D eigenvalue weighted by molar-refractivity contribution is 5.83. The highest BCUT2D eigenvalue weighted by Crippen LogP contribution is 2.21. The molecule has 0 unspecified atom stereocenters. The van der Waals surface area contributed by atoms with E-state index < -0.39 is 0 Å². The van der Waals surface area contributed by atoms with Crippen molar-refractivity contribution in [3.05, 3.63) is 35.8 Å². The Morgan fingerprint density at radius 2 is 1.96 bits per heavy atom. The molecule has 1 aromatic carbocycles. The van der Waals surface area contributed by atoms with E-state index in [0.717, 1.165) is 24.1 Å². The summed E-state index contributed by atoms with van der Waals surface area (Å²) in [6, 6.07) is 9.93. The highest BCUT2D eigenvalue weighted by Gasteiger charge is 2.20. The first kappa shape index (κ1) is 15.6. The molecule has 2 heterocycles. The van der Waals surface area contributed by atoms with E-state index in [4.69, 9.17) is 0 Å². The lowest BCUT2D eigenvalue weighted by molar-refractivity contribution is -0.895. The molecule has 0 radical (unpaired) electrons. The fourth-order valence-corrected chi connectivity index (χ4v) is 3.34. The molecular formula is C18H23N4O+. The predicted molar refractivity (Wildman–Crippen MR) is 89.9 cm³/mol. The third-order valence-corrected chi connectivity index (χ3v) is 4.64. The number of benzene rings is 1. The van der Waals surface area contributed by atoms with Gasteiger partial charge in [-0.3, -0.25) is 0 Å². The fourth-order valence-electron chi connectivity index (χ4n) is 3.34. The molecular weight excluding hydrogens is 288 g/mol. The zero-order chi connectivity index (χ0) is 16.2.